The monoisotopic (exact) mass is 266 g/mol. The molecule has 0 saturated carbocycles. The Morgan fingerprint density at radius 2 is 2.16 bits per heavy atom. The molecular weight excluding hydrogens is 244 g/mol. The van der Waals surface area contributed by atoms with Crippen LogP contribution in [-0.4, -0.2) is 29.8 Å². The number of hydrogen-bond acceptors (Lipinski definition) is 4. The zero-order valence-electron chi connectivity index (χ0n) is 11.7. The minimum absolute atomic E-state index is 0.109. The van der Waals surface area contributed by atoms with Crippen LogP contribution >= 0.6 is 0 Å². The SMILES string of the molecule is CCOc1ccc(C(=O)NC(C)(CC)CO)cc1N. The van der Waals surface area contributed by atoms with E-state index in [0.29, 0.717) is 30.0 Å². The predicted octanol–water partition coefficient (Wildman–Crippen LogP) is 1.56. The second kappa shape index (κ2) is 6.43. The van der Waals surface area contributed by atoms with Gasteiger partial charge < -0.3 is 20.9 Å². The Labute approximate surface area is 113 Å². The van der Waals surface area contributed by atoms with Crippen molar-refractivity contribution in [3.63, 3.8) is 0 Å². The highest BCUT2D eigenvalue weighted by molar-refractivity contribution is 5.95. The molecule has 0 aromatic heterocycles. The molecule has 1 unspecified atom stereocenters. The van der Waals surface area contributed by atoms with Gasteiger partial charge in [0.15, 0.2) is 0 Å². The second-order valence-corrected chi connectivity index (χ2v) is 4.71. The van der Waals surface area contributed by atoms with Crippen LogP contribution < -0.4 is 15.8 Å². The fourth-order valence-corrected chi connectivity index (χ4v) is 1.56. The number of hydrogen-bond donors (Lipinski definition) is 3. The van der Waals surface area contributed by atoms with Crippen molar-refractivity contribution in [1.29, 1.82) is 0 Å². The van der Waals surface area contributed by atoms with Crippen LogP contribution in [-0.2, 0) is 0 Å². The number of benzene rings is 1. The number of aliphatic hydroxyl groups excluding tert-OH is 1. The number of aliphatic hydroxyl groups is 1. The highest BCUT2D eigenvalue weighted by Crippen LogP contribution is 2.23. The fraction of sp³-hybridized carbons (Fsp3) is 0.500. The largest absolute Gasteiger partial charge is 0.492 e. The molecule has 4 N–H and O–H groups in total. The van der Waals surface area contributed by atoms with Crippen LogP contribution in [0.2, 0.25) is 0 Å². The molecule has 1 atom stereocenters. The molecule has 0 aliphatic rings. The van der Waals surface area contributed by atoms with E-state index in [1.54, 1.807) is 25.1 Å². The lowest BCUT2D eigenvalue weighted by Gasteiger charge is -2.27. The van der Waals surface area contributed by atoms with Gasteiger partial charge in [-0.3, -0.25) is 4.79 Å². The summed E-state index contributed by atoms with van der Waals surface area (Å²) in [5.74, 6) is 0.313. The third-order valence-corrected chi connectivity index (χ3v) is 3.12. The first-order valence-electron chi connectivity index (χ1n) is 6.41. The lowest BCUT2D eigenvalue weighted by atomic mass is 9.99. The van der Waals surface area contributed by atoms with E-state index in [-0.39, 0.29) is 12.5 Å². The summed E-state index contributed by atoms with van der Waals surface area (Å²) in [5.41, 5.74) is 6.08. The van der Waals surface area contributed by atoms with Crippen molar-refractivity contribution in [2.24, 2.45) is 0 Å². The maximum absolute atomic E-state index is 12.1. The number of anilines is 1. The van der Waals surface area contributed by atoms with E-state index in [4.69, 9.17) is 10.5 Å². The minimum Gasteiger partial charge on any atom is -0.492 e. The summed E-state index contributed by atoms with van der Waals surface area (Å²) in [6, 6.07) is 4.91. The molecule has 1 aromatic rings. The van der Waals surface area contributed by atoms with E-state index < -0.39 is 5.54 Å². The Balaban J connectivity index is 2.86. The van der Waals surface area contributed by atoms with Crippen molar-refractivity contribution < 1.29 is 14.6 Å². The molecule has 0 heterocycles. The van der Waals surface area contributed by atoms with Crippen LogP contribution in [0.1, 0.15) is 37.6 Å². The third-order valence-electron chi connectivity index (χ3n) is 3.12. The lowest BCUT2D eigenvalue weighted by molar-refractivity contribution is 0.0847. The molecule has 0 fully saturated rings. The zero-order chi connectivity index (χ0) is 14.5. The van der Waals surface area contributed by atoms with Gasteiger partial charge in [-0.2, -0.15) is 0 Å². The molecule has 5 heteroatoms. The first-order chi connectivity index (χ1) is 8.95. The Bertz CT molecular complexity index is 442. The van der Waals surface area contributed by atoms with Gasteiger partial charge >= 0.3 is 0 Å². The molecule has 0 radical (unpaired) electrons. The molecule has 19 heavy (non-hydrogen) atoms. The summed E-state index contributed by atoms with van der Waals surface area (Å²) in [6.45, 7) is 5.98. The van der Waals surface area contributed by atoms with Crippen molar-refractivity contribution in [3.8, 4) is 5.75 Å². The van der Waals surface area contributed by atoms with Gasteiger partial charge in [-0.15, -0.1) is 0 Å². The van der Waals surface area contributed by atoms with E-state index in [2.05, 4.69) is 5.32 Å². The van der Waals surface area contributed by atoms with Crippen LogP contribution in [0.4, 0.5) is 5.69 Å². The number of amides is 1. The number of nitrogens with one attached hydrogen (secondary N) is 1. The van der Waals surface area contributed by atoms with Crippen LogP contribution in [0.25, 0.3) is 0 Å². The summed E-state index contributed by atoms with van der Waals surface area (Å²) in [5, 5.41) is 12.1. The van der Waals surface area contributed by atoms with Crippen LogP contribution in [0.3, 0.4) is 0 Å². The van der Waals surface area contributed by atoms with Crippen molar-refractivity contribution in [3.05, 3.63) is 23.8 Å². The number of rotatable bonds is 6. The summed E-state index contributed by atoms with van der Waals surface area (Å²) in [6.07, 6.45) is 0.641. The normalized spacial score (nSPS) is 13.7. The summed E-state index contributed by atoms with van der Waals surface area (Å²) >= 11 is 0. The summed E-state index contributed by atoms with van der Waals surface area (Å²) in [4.78, 5) is 12.1. The van der Waals surface area contributed by atoms with E-state index >= 15 is 0 Å². The Kier molecular flexibility index (Phi) is 5.18. The van der Waals surface area contributed by atoms with Gasteiger partial charge in [0.1, 0.15) is 5.75 Å². The maximum atomic E-state index is 12.1. The summed E-state index contributed by atoms with van der Waals surface area (Å²) < 4.78 is 5.32. The second-order valence-electron chi connectivity index (χ2n) is 4.71. The fourth-order valence-electron chi connectivity index (χ4n) is 1.56. The van der Waals surface area contributed by atoms with Gasteiger partial charge in [-0.05, 0) is 38.5 Å². The van der Waals surface area contributed by atoms with Crippen molar-refractivity contribution >= 4 is 11.6 Å². The number of nitrogen functional groups attached to an aromatic ring is 1. The molecule has 0 aliphatic carbocycles. The highest BCUT2D eigenvalue weighted by atomic mass is 16.5. The van der Waals surface area contributed by atoms with Crippen molar-refractivity contribution in [1.82, 2.24) is 5.32 Å². The predicted molar refractivity (Wildman–Crippen MR) is 75.3 cm³/mol. The van der Waals surface area contributed by atoms with E-state index in [1.807, 2.05) is 13.8 Å². The van der Waals surface area contributed by atoms with Gasteiger partial charge in [0.2, 0.25) is 0 Å². The molecule has 0 bridgehead atoms. The quantitative estimate of drug-likeness (QED) is 0.682. The first-order valence-corrected chi connectivity index (χ1v) is 6.41. The lowest BCUT2D eigenvalue weighted by Crippen LogP contribution is -2.48. The molecule has 5 nitrogen and oxygen atoms in total. The zero-order valence-corrected chi connectivity index (χ0v) is 11.7. The van der Waals surface area contributed by atoms with Gasteiger partial charge in [0.25, 0.3) is 5.91 Å². The van der Waals surface area contributed by atoms with Gasteiger partial charge in [0.05, 0.1) is 24.4 Å². The molecule has 0 aliphatic heterocycles. The Morgan fingerprint density at radius 1 is 1.47 bits per heavy atom. The van der Waals surface area contributed by atoms with E-state index in [1.165, 1.54) is 0 Å². The smallest absolute Gasteiger partial charge is 0.251 e. The van der Waals surface area contributed by atoms with Crippen molar-refractivity contribution in [2.75, 3.05) is 18.9 Å². The molecule has 106 valence electrons. The van der Waals surface area contributed by atoms with Gasteiger partial charge in [-0.1, -0.05) is 6.92 Å². The van der Waals surface area contributed by atoms with Gasteiger partial charge in [-0.25, -0.2) is 0 Å². The van der Waals surface area contributed by atoms with Crippen molar-refractivity contribution in [2.45, 2.75) is 32.7 Å². The molecule has 1 rings (SSSR count). The van der Waals surface area contributed by atoms with E-state index in [9.17, 15) is 9.90 Å². The maximum Gasteiger partial charge on any atom is 0.251 e. The Hall–Kier alpha value is -1.75. The molecule has 0 saturated heterocycles. The summed E-state index contributed by atoms with van der Waals surface area (Å²) in [7, 11) is 0. The number of ether oxygens (including phenoxy) is 1. The minimum atomic E-state index is -0.621. The molecule has 1 amide bonds. The first kappa shape index (κ1) is 15.3. The van der Waals surface area contributed by atoms with Crippen LogP contribution in [0.15, 0.2) is 18.2 Å². The number of carbonyl (C=O) groups is 1. The number of nitrogens with two attached hydrogens (primary N) is 1. The average Bonchev–Trinajstić information content (AvgIpc) is 2.41. The van der Waals surface area contributed by atoms with Crippen LogP contribution in [0.5, 0.6) is 5.75 Å². The average molecular weight is 266 g/mol. The topological polar surface area (TPSA) is 84.6 Å². The molecule has 1 aromatic carbocycles. The molecular formula is C14H22N2O3. The Morgan fingerprint density at radius 3 is 2.63 bits per heavy atom. The number of carbonyl (C=O) groups excluding carboxylic acids is 1. The standard InChI is InChI=1S/C14H22N2O3/c1-4-14(3,9-17)16-13(18)10-6-7-12(19-5-2)11(15)8-10/h6-8,17H,4-5,9,15H2,1-3H3,(H,16,18). The molecule has 0 spiro atoms. The third kappa shape index (κ3) is 3.86. The van der Waals surface area contributed by atoms with Gasteiger partial charge in [0, 0.05) is 5.56 Å². The van der Waals surface area contributed by atoms with Crippen LogP contribution in [0, 0.1) is 0 Å². The van der Waals surface area contributed by atoms with E-state index in [0.717, 1.165) is 0 Å². The highest BCUT2D eigenvalue weighted by Gasteiger charge is 2.24.